The number of ether oxygens (including phenoxy) is 1. The summed E-state index contributed by atoms with van der Waals surface area (Å²) in [5.74, 6) is -0.442. The number of sulfonamides is 1. The maximum atomic E-state index is 14.2. The molecule has 1 heterocycles. The molecule has 2 aromatic carbocycles. The molecular formula is C37H52N6O7S2. The highest BCUT2D eigenvalue weighted by atomic mass is 32.2. The molecule has 15 heteroatoms. The third kappa shape index (κ3) is 11.8. The quantitative estimate of drug-likeness (QED) is 0.0882. The van der Waals surface area contributed by atoms with Gasteiger partial charge in [-0.1, -0.05) is 54.0 Å². The van der Waals surface area contributed by atoms with Gasteiger partial charge in [0, 0.05) is 25.5 Å². The second kappa shape index (κ2) is 18.2. The zero-order valence-corrected chi connectivity index (χ0v) is 32.4. The normalized spacial score (nSPS) is 16.2. The van der Waals surface area contributed by atoms with Crippen LogP contribution in [0.5, 0.6) is 0 Å². The van der Waals surface area contributed by atoms with E-state index >= 15 is 0 Å². The Morgan fingerprint density at radius 3 is 2.35 bits per heavy atom. The molecule has 13 nitrogen and oxygen atoms in total. The number of hydrogen-bond acceptors (Lipinski definition) is 10. The highest BCUT2D eigenvalue weighted by Crippen LogP contribution is 2.30. The van der Waals surface area contributed by atoms with Crippen LogP contribution in [-0.4, -0.2) is 101 Å². The summed E-state index contributed by atoms with van der Waals surface area (Å²) in [4.78, 5) is 33.6. The topological polar surface area (TPSA) is 174 Å². The number of benzene rings is 2. The van der Waals surface area contributed by atoms with Gasteiger partial charge in [-0.25, -0.2) is 18.2 Å². The molecule has 0 bridgehead atoms. The zero-order valence-electron chi connectivity index (χ0n) is 30.7. The number of oxime groups is 1. The number of hydrogen-bond donors (Lipinski definition) is 4. The van der Waals surface area contributed by atoms with E-state index in [1.54, 1.807) is 14.0 Å². The molecule has 1 saturated carbocycles. The van der Waals surface area contributed by atoms with Crippen LogP contribution in [0.2, 0.25) is 0 Å². The minimum Gasteiger partial charge on any atom is -0.411 e. The molecular weight excluding hydrogens is 705 g/mol. The largest absolute Gasteiger partial charge is 0.411 e. The van der Waals surface area contributed by atoms with Gasteiger partial charge in [-0.2, -0.15) is 4.31 Å². The number of aliphatic hydroxyl groups is 1. The number of rotatable bonds is 17. The predicted molar refractivity (Wildman–Crippen MR) is 201 cm³/mol. The second-order valence-electron chi connectivity index (χ2n) is 14.4. The summed E-state index contributed by atoms with van der Waals surface area (Å²) in [6.07, 6.45) is 2.05. The van der Waals surface area contributed by atoms with Crippen LogP contribution in [-0.2, 0) is 32.5 Å². The molecule has 1 aromatic heterocycles. The average molecular weight is 757 g/mol. The Labute approximate surface area is 311 Å². The van der Waals surface area contributed by atoms with Crippen LogP contribution in [0.1, 0.15) is 68.8 Å². The van der Waals surface area contributed by atoms with Gasteiger partial charge >= 0.3 is 6.03 Å². The lowest BCUT2D eigenvalue weighted by Crippen LogP contribution is -2.60. The van der Waals surface area contributed by atoms with Crippen LogP contribution in [0, 0.1) is 12.8 Å². The van der Waals surface area contributed by atoms with Crippen LogP contribution in [0.25, 0.3) is 0 Å². The Morgan fingerprint density at radius 1 is 1.12 bits per heavy atom. The number of carbonyl (C=O) groups excluding carboxylic acids is 2. The highest BCUT2D eigenvalue weighted by molar-refractivity contribution is 7.89. The van der Waals surface area contributed by atoms with Crippen LogP contribution >= 0.6 is 11.3 Å². The summed E-state index contributed by atoms with van der Waals surface area (Å²) >= 11 is 1.48. The number of nitrogens with zero attached hydrogens (tertiary/aromatic N) is 4. The fourth-order valence-electron chi connectivity index (χ4n) is 6.00. The Bertz CT molecular complexity index is 1740. The second-order valence-corrected chi connectivity index (χ2v) is 17.4. The number of aliphatic hydroxyl groups excluding tert-OH is 1. The van der Waals surface area contributed by atoms with E-state index in [0.717, 1.165) is 35.5 Å². The first-order valence-corrected chi connectivity index (χ1v) is 19.8. The monoisotopic (exact) mass is 756 g/mol. The molecule has 4 N–H and O–H groups in total. The predicted octanol–water partition coefficient (Wildman–Crippen LogP) is 4.55. The molecule has 4 rings (SSSR count). The minimum atomic E-state index is -4.07. The molecule has 0 radical (unpaired) electrons. The van der Waals surface area contributed by atoms with Crippen molar-refractivity contribution in [1.29, 1.82) is 0 Å². The summed E-state index contributed by atoms with van der Waals surface area (Å²) in [7, 11) is -2.45. The molecule has 52 heavy (non-hydrogen) atoms. The first kappa shape index (κ1) is 40.9. The van der Waals surface area contributed by atoms with Gasteiger partial charge in [0.05, 0.1) is 52.2 Å². The zero-order chi connectivity index (χ0) is 38.1. The van der Waals surface area contributed by atoms with Gasteiger partial charge in [0.15, 0.2) is 0 Å². The van der Waals surface area contributed by atoms with Crippen molar-refractivity contribution in [2.45, 2.75) is 102 Å². The lowest BCUT2D eigenvalue weighted by molar-refractivity contribution is -0.132. The molecule has 3 amide bonds. The van der Waals surface area contributed by atoms with Gasteiger partial charge in [0.1, 0.15) is 6.04 Å². The van der Waals surface area contributed by atoms with E-state index in [-0.39, 0.29) is 36.9 Å². The van der Waals surface area contributed by atoms with E-state index < -0.39 is 51.9 Å². The molecule has 0 aliphatic heterocycles. The Balaban J connectivity index is 1.60. The highest BCUT2D eigenvalue weighted by Gasteiger charge is 2.37. The van der Waals surface area contributed by atoms with Crippen molar-refractivity contribution in [2.24, 2.45) is 11.1 Å². The Kier molecular flexibility index (Phi) is 14.3. The van der Waals surface area contributed by atoms with Gasteiger partial charge < -0.3 is 30.6 Å². The number of amides is 3. The van der Waals surface area contributed by atoms with Crippen LogP contribution in [0.15, 0.2) is 70.0 Å². The molecule has 1 aliphatic carbocycles. The third-order valence-corrected chi connectivity index (χ3v) is 11.5. The Morgan fingerprint density at radius 2 is 1.79 bits per heavy atom. The molecule has 3 aromatic rings. The van der Waals surface area contributed by atoms with E-state index in [4.69, 9.17) is 9.94 Å². The summed E-state index contributed by atoms with van der Waals surface area (Å²) in [6, 6.07) is 12.6. The number of nitrogens with one attached hydrogen (secondary N) is 2. The fraction of sp³-hybridized carbons (Fsp3) is 0.514. The van der Waals surface area contributed by atoms with E-state index in [1.165, 1.54) is 51.0 Å². The molecule has 1 aliphatic rings. The van der Waals surface area contributed by atoms with E-state index in [9.17, 15) is 23.1 Å². The lowest BCUT2D eigenvalue weighted by atomic mass is 9.85. The number of carbonyl (C=O) groups is 2. The fourth-order valence-corrected chi connectivity index (χ4v) is 8.13. The molecule has 284 valence electrons. The van der Waals surface area contributed by atoms with Crippen molar-refractivity contribution in [3.63, 3.8) is 0 Å². The Hall–Kier alpha value is -3.89. The number of aryl methyl sites for hydroxylation is 1. The number of thiazole rings is 1. The van der Waals surface area contributed by atoms with Crippen LogP contribution in [0.3, 0.4) is 0 Å². The van der Waals surface area contributed by atoms with Gasteiger partial charge in [-0.15, -0.1) is 11.3 Å². The van der Waals surface area contributed by atoms with Crippen molar-refractivity contribution in [3.05, 3.63) is 81.8 Å². The first-order chi connectivity index (χ1) is 24.5. The maximum absolute atomic E-state index is 14.2. The molecule has 0 spiro atoms. The van der Waals surface area contributed by atoms with E-state index in [0.29, 0.717) is 5.56 Å². The van der Waals surface area contributed by atoms with Gasteiger partial charge in [0.2, 0.25) is 15.9 Å². The lowest BCUT2D eigenvalue weighted by Gasteiger charge is -2.36. The average Bonchev–Trinajstić information content (AvgIpc) is 3.47. The van der Waals surface area contributed by atoms with Crippen molar-refractivity contribution in [1.82, 2.24) is 24.8 Å². The summed E-state index contributed by atoms with van der Waals surface area (Å²) in [6.45, 7) is 9.31. The maximum Gasteiger partial charge on any atom is 0.318 e. The van der Waals surface area contributed by atoms with Crippen molar-refractivity contribution in [2.75, 3.05) is 20.1 Å². The van der Waals surface area contributed by atoms with Crippen LogP contribution in [0.4, 0.5) is 4.79 Å². The summed E-state index contributed by atoms with van der Waals surface area (Å²) in [5, 5.41) is 32.3. The van der Waals surface area contributed by atoms with Crippen molar-refractivity contribution in [3.8, 4) is 0 Å². The summed E-state index contributed by atoms with van der Waals surface area (Å²) in [5.41, 5.74) is 1.42. The van der Waals surface area contributed by atoms with E-state index in [2.05, 4.69) is 20.8 Å². The molecule has 0 saturated heterocycles. The minimum absolute atomic E-state index is 0.0330. The summed E-state index contributed by atoms with van der Waals surface area (Å²) < 4.78 is 35.5. The van der Waals surface area contributed by atoms with Gasteiger partial charge in [-0.3, -0.25) is 4.79 Å². The molecule has 0 unspecified atom stereocenters. The molecule has 4 atom stereocenters. The number of urea groups is 1. The first-order valence-electron chi connectivity index (χ1n) is 17.5. The third-order valence-electron chi connectivity index (χ3n) is 8.88. The smallest absolute Gasteiger partial charge is 0.318 e. The van der Waals surface area contributed by atoms with Crippen molar-refractivity contribution < 1.29 is 33.1 Å². The van der Waals surface area contributed by atoms with E-state index in [1.807, 2.05) is 63.4 Å². The SMILES string of the molecule is Cc1nc(CN(C)C(=O)N[C@H](C(=O)N[C@@H](Cc2ccccc2)[C@@H](O)CN(CC2CCC2)S(=O)(=O)c2ccc(C=NO)cc2)[C@H](C)OC(C)(C)C)cs1. The number of aromatic nitrogens is 1. The van der Waals surface area contributed by atoms with Gasteiger partial charge in [-0.05, 0) is 83.1 Å². The van der Waals surface area contributed by atoms with Crippen LogP contribution < -0.4 is 10.6 Å². The molecule has 1 fully saturated rings. The van der Waals surface area contributed by atoms with Crippen molar-refractivity contribution >= 4 is 39.5 Å². The standard InChI is InChI=1S/C37H52N6O7S2/c1-25(50-37(3,4)5)34(41-36(46)42(6)22-30-24-51-26(2)39-30)35(45)40-32(19-27-11-8-7-9-12-27)33(44)23-43(21-29-13-10-14-29)52(48,49)31-17-15-28(16-18-31)20-38-47/h7-9,11-12,15-18,20,24-25,29,32-34,44,47H,10,13-14,19,21-23H2,1-6H3,(H,40,45)(H,41,46)/t25-,32-,33-,34-/m0/s1. The van der Waals surface area contributed by atoms with Gasteiger partial charge in [0.25, 0.3) is 0 Å².